The highest BCUT2D eigenvalue weighted by atomic mass is 15.1. The highest BCUT2D eigenvalue weighted by Crippen LogP contribution is 2.28. The Morgan fingerprint density at radius 2 is 2.08 bits per heavy atom. The Morgan fingerprint density at radius 3 is 2.92 bits per heavy atom. The maximum Gasteiger partial charge on any atom is 0.0398 e. The van der Waals surface area contributed by atoms with Crippen LogP contribution in [-0.2, 0) is 6.42 Å². The summed E-state index contributed by atoms with van der Waals surface area (Å²) in [6.45, 7) is 2.29. The molecule has 0 unspecified atom stereocenters. The lowest BCUT2D eigenvalue weighted by Gasteiger charge is -2.33. The van der Waals surface area contributed by atoms with E-state index in [1.54, 1.807) is 0 Å². The molecule has 0 N–H and O–H groups in total. The first-order valence-electron chi connectivity index (χ1n) is 4.60. The van der Waals surface area contributed by atoms with Gasteiger partial charge in [0.05, 0.1) is 0 Å². The molecule has 0 amide bonds. The van der Waals surface area contributed by atoms with Crippen molar-refractivity contribution < 1.29 is 0 Å². The minimum atomic E-state index is 0.694. The maximum atomic E-state index is 2.37. The average Bonchev–Trinajstić information content (AvgIpc) is 2.12. The van der Waals surface area contributed by atoms with Crippen LogP contribution in [0.1, 0.15) is 18.9 Å². The maximum absolute atomic E-state index is 2.37. The highest BCUT2D eigenvalue weighted by molar-refractivity contribution is 5.55. The fraction of sp³-hybridized carbons (Fsp3) is 0.455. The van der Waals surface area contributed by atoms with E-state index in [0.717, 1.165) is 0 Å². The molecule has 0 saturated heterocycles. The summed E-state index contributed by atoms with van der Waals surface area (Å²) in [6.07, 6.45) is 2.52. The number of benzene rings is 1. The Morgan fingerprint density at radius 1 is 1.33 bits per heavy atom. The van der Waals surface area contributed by atoms with Gasteiger partial charge in [-0.3, -0.25) is 0 Å². The molecule has 1 heterocycles. The van der Waals surface area contributed by atoms with Crippen LogP contribution >= 0.6 is 0 Å². The molecule has 64 valence electrons. The minimum Gasteiger partial charge on any atom is -0.372 e. The van der Waals surface area contributed by atoms with Gasteiger partial charge in [0.1, 0.15) is 0 Å². The number of para-hydroxylation sites is 1. The van der Waals surface area contributed by atoms with Crippen LogP contribution in [0.2, 0.25) is 0 Å². The Hall–Kier alpha value is -0.980. The SMILES string of the molecule is C[C@H]1CCc2ccccc2N1C. The van der Waals surface area contributed by atoms with Crippen LogP contribution in [0.5, 0.6) is 0 Å². The van der Waals surface area contributed by atoms with Crippen molar-refractivity contribution in [1.82, 2.24) is 0 Å². The lowest BCUT2D eigenvalue weighted by Crippen LogP contribution is -2.33. The number of fused-ring (bicyclic) bond motifs is 1. The Kier molecular flexibility index (Phi) is 1.80. The predicted octanol–water partition coefficient (Wildman–Crippen LogP) is 2.46. The van der Waals surface area contributed by atoms with E-state index in [2.05, 4.69) is 43.1 Å². The Bertz CT molecular complexity index is 280. The highest BCUT2D eigenvalue weighted by Gasteiger charge is 2.18. The molecule has 0 bridgehead atoms. The summed E-state index contributed by atoms with van der Waals surface area (Å²) in [5.74, 6) is 0. The molecule has 1 aliphatic heterocycles. The summed E-state index contributed by atoms with van der Waals surface area (Å²) in [7, 11) is 2.18. The molecule has 2 rings (SSSR count). The van der Waals surface area contributed by atoms with Crippen molar-refractivity contribution in [1.29, 1.82) is 0 Å². The molecule has 0 aliphatic carbocycles. The van der Waals surface area contributed by atoms with Crippen molar-refractivity contribution in [3.63, 3.8) is 0 Å². The zero-order valence-electron chi connectivity index (χ0n) is 7.75. The van der Waals surface area contributed by atoms with E-state index in [4.69, 9.17) is 0 Å². The minimum absolute atomic E-state index is 0.694. The summed E-state index contributed by atoms with van der Waals surface area (Å²) < 4.78 is 0. The van der Waals surface area contributed by atoms with Gasteiger partial charge in [0, 0.05) is 18.8 Å². The lowest BCUT2D eigenvalue weighted by molar-refractivity contribution is 0.598. The first kappa shape index (κ1) is 7.66. The van der Waals surface area contributed by atoms with E-state index in [0.29, 0.717) is 6.04 Å². The second-order valence-electron chi connectivity index (χ2n) is 3.63. The van der Waals surface area contributed by atoms with Gasteiger partial charge in [-0.1, -0.05) is 18.2 Å². The van der Waals surface area contributed by atoms with Crippen LogP contribution in [0.3, 0.4) is 0 Å². The molecule has 1 aromatic rings. The molecule has 0 spiro atoms. The molecule has 1 aromatic carbocycles. The molecular formula is C11H15N. The number of aryl methyl sites for hydroxylation is 1. The van der Waals surface area contributed by atoms with Crippen LogP contribution in [0.4, 0.5) is 5.69 Å². The van der Waals surface area contributed by atoms with Crippen LogP contribution in [0, 0.1) is 0 Å². The van der Waals surface area contributed by atoms with Gasteiger partial charge in [0.15, 0.2) is 0 Å². The number of anilines is 1. The zero-order chi connectivity index (χ0) is 8.55. The lowest BCUT2D eigenvalue weighted by atomic mass is 9.97. The third-order valence-corrected chi connectivity index (χ3v) is 2.86. The van der Waals surface area contributed by atoms with Gasteiger partial charge in [0.25, 0.3) is 0 Å². The van der Waals surface area contributed by atoms with Crippen LogP contribution in [-0.4, -0.2) is 13.1 Å². The normalized spacial score (nSPS) is 22.2. The Labute approximate surface area is 74.0 Å². The monoisotopic (exact) mass is 161 g/mol. The molecule has 0 saturated carbocycles. The van der Waals surface area contributed by atoms with Crippen molar-refractivity contribution >= 4 is 5.69 Å². The van der Waals surface area contributed by atoms with Gasteiger partial charge in [0.2, 0.25) is 0 Å². The van der Waals surface area contributed by atoms with Gasteiger partial charge >= 0.3 is 0 Å². The van der Waals surface area contributed by atoms with Crippen LogP contribution in [0.15, 0.2) is 24.3 Å². The van der Waals surface area contributed by atoms with E-state index in [-0.39, 0.29) is 0 Å². The number of hydrogen-bond acceptors (Lipinski definition) is 1. The number of rotatable bonds is 0. The van der Waals surface area contributed by atoms with Gasteiger partial charge in [-0.05, 0) is 31.4 Å². The average molecular weight is 161 g/mol. The first-order chi connectivity index (χ1) is 5.79. The van der Waals surface area contributed by atoms with Gasteiger partial charge < -0.3 is 4.90 Å². The topological polar surface area (TPSA) is 3.24 Å². The Balaban J connectivity index is 2.42. The standard InChI is InChI=1S/C11H15N/c1-9-7-8-10-5-3-4-6-11(10)12(9)2/h3-6,9H,7-8H2,1-2H3/t9-/m0/s1. The van der Waals surface area contributed by atoms with E-state index in [9.17, 15) is 0 Å². The van der Waals surface area contributed by atoms with E-state index in [1.807, 2.05) is 0 Å². The quantitative estimate of drug-likeness (QED) is 0.565. The molecular weight excluding hydrogens is 146 g/mol. The molecule has 12 heavy (non-hydrogen) atoms. The van der Waals surface area contributed by atoms with Gasteiger partial charge in [-0.15, -0.1) is 0 Å². The second-order valence-corrected chi connectivity index (χ2v) is 3.63. The van der Waals surface area contributed by atoms with E-state index < -0.39 is 0 Å². The van der Waals surface area contributed by atoms with E-state index in [1.165, 1.54) is 24.1 Å². The van der Waals surface area contributed by atoms with Crippen molar-refractivity contribution in [2.45, 2.75) is 25.8 Å². The molecule has 1 atom stereocenters. The molecule has 1 aliphatic rings. The molecule has 0 radical (unpaired) electrons. The van der Waals surface area contributed by atoms with Gasteiger partial charge in [-0.25, -0.2) is 0 Å². The van der Waals surface area contributed by atoms with E-state index >= 15 is 0 Å². The van der Waals surface area contributed by atoms with Crippen molar-refractivity contribution in [3.05, 3.63) is 29.8 Å². The first-order valence-corrected chi connectivity index (χ1v) is 4.60. The molecule has 1 nitrogen and oxygen atoms in total. The van der Waals surface area contributed by atoms with Crippen molar-refractivity contribution in [3.8, 4) is 0 Å². The third-order valence-electron chi connectivity index (χ3n) is 2.86. The van der Waals surface area contributed by atoms with Crippen molar-refractivity contribution in [2.24, 2.45) is 0 Å². The summed E-state index contributed by atoms with van der Waals surface area (Å²) in [6, 6.07) is 9.39. The summed E-state index contributed by atoms with van der Waals surface area (Å²) in [4.78, 5) is 2.37. The number of hydrogen-bond donors (Lipinski definition) is 0. The van der Waals surface area contributed by atoms with Crippen LogP contribution in [0.25, 0.3) is 0 Å². The summed E-state index contributed by atoms with van der Waals surface area (Å²) in [5, 5.41) is 0. The molecule has 0 aromatic heterocycles. The zero-order valence-corrected chi connectivity index (χ0v) is 7.75. The molecule has 0 fully saturated rings. The van der Waals surface area contributed by atoms with Crippen LogP contribution < -0.4 is 4.90 Å². The molecule has 1 heteroatoms. The second kappa shape index (κ2) is 2.81. The predicted molar refractivity (Wildman–Crippen MR) is 52.6 cm³/mol. The fourth-order valence-electron chi connectivity index (χ4n) is 1.86. The summed E-state index contributed by atoms with van der Waals surface area (Å²) in [5.41, 5.74) is 2.91. The number of nitrogens with zero attached hydrogens (tertiary/aromatic N) is 1. The van der Waals surface area contributed by atoms with Gasteiger partial charge in [-0.2, -0.15) is 0 Å². The largest absolute Gasteiger partial charge is 0.372 e. The summed E-state index contributed by atoms with van der Waals surface area (Å²) >= 11 is 0. The third kappa shape index (κ3) is 1.09. The fourth-order valence-corrected chi connectivity index (χ4v) is 1.86. The smallest absolute Gasteiger partial charge is 0.0398 e. The van der Waals surface area contributed by atoms with Crippen molar-refractivity contribution in [2.75, 3.05) is 11.9 Å².